The van der Waals surface area contributed by atoms with Crippen LogP contribution in [0.5, 0.6) is 0 Å². The number of carboxylic acid groups (broad SMARTS) is 1. The number of aryl methyl sites for hydroxylation is 1. The molecule has 4 amide bonds. The van der Waals surface area contributed by atoms with Gasteiger partial charge in [0.05, 0.1) is 10.9 Å². The number of aromatic nitrogens is 4. The first kappa shape index (κ1) is 20.9. The quantitative estimate of drug-likeness (QED) is 0.492. The van der Waals surface area contributed by atoms with Gasteiger partial charge in [0.25, 0.3) is 5.91 Å². The number of β-lactam (4-membered cyclic amide) rings is 1. The lowest BCUT2D eigenvalue weighted by molar-refractivity contribution is -0.154. The van der Waals surface area contributed by atoms with Crippen LogP contribution in [0.1, 0.15) is 16.8 Å². The summed E-state index contributed by atoms with van der Waals surface area (Å²) in [7, 11) is 1.65. The minimum Gasteiger partial charge on any atom is -0.480 e. The maximum Gasteiger partial charge on any atom is 0.328 e. The number of tetrazole rings is 1. The highest BCUT2D eigenvalue weighted by atomic mass is 32.2. The molecule has 1 aromatic heterocycles. The molecular weight excluding hydrogens is 452 g/mol. The fourth-order valence-electron chi connectivity index (χ4n) is 4.39. The van der Waals surface area contributed by atoms with E-state index in [0.717, 1.165) is 5.57 Å². The zero-order valence-electron chi connectivity index (χ0n) is 17.2. The van der Waals surface area contributed by atoms with Crippen LogP contribution in [0.2, 0.25) is 0 Å². The van der Waals surface area contributed by atoms with E-state index >= 15 is 0 Å². The molecule has 2 aromatic rings. The summed E-state index contributed by atoms with van der Waals surface area (Å²) in [5.74, 6) is -2.15. The number of anilines is 1. The van der Waals surface area contributed by atoms with E-state index in [2.05, 4.69) is 20.8 Å². The number of primary amides is 1. The van der Waals surface area contributed by atoms with E-state index < -0.39 is 41.1 Å². The van der Waals surface area contributed by atoms with Crippen molar-refractivity contribution in [3.05, 3.63) is 41.1 Å². The number of urea groups is 1. The molecule has 5 rings (SSSR count). The average molecular weight is 470 g/mol. The van der Waals surface area contributed by atoms with E-state index in [4.69, 9.17) is 5.73 Å². The zero-order chi connectivity index (χ0) is 23.4. The molecule has 13 nitrogen and oxygen atoms in total. The number of thioether (sulfide) groups is 1. The van der Waals surface area contributed by atoms with Crippen LogP contribution in [0, 0.1) is 0 Å². The van der Waals surface area contributed by atoms with Gasteiger partial charge in [-0.15, -0.1) is 5.10 Å². The standard InChI is InChI=1S/C19H18N8O5S/c1-25-19(22-23-24-25)33-14-10-6-7-26(12-11(10)27(16(12)29)13(14)17(30)31)18(32)21-9-4-2-8(3-5-9)15(20)28/h2-5,12-14H,6-7H2,1H3,(H2,20,28)(H,21,32)(H,30,31)/t12-,13?,14?/m0/s1. The first-order valence-corrected chi connectivity index (χ1v) is 10.8. The molecule has 1 fully saturated rings. The number of nitrogens with one attached hydrogen (secondary N) is 1. The lowest BCUT2D eigenvalue weighted by atomic mass is 9.93. The number of carboxylic acids is 1. The predicted molar refractivity (Wildman–Crippen MR) is 113 cm³/mol. The molecule has 1 saturated heterocycles. The van der Waals surface area contributed by atoms with Crippen molar-refractivity contribution < 1.29 is 24.3 Å². The van der Waals surface area contributed by atoms with E-state index in [1.54, 1.807) is 19.2 Å². The maximum absolute atomic E-state index is 13.0. The van der Waals surface area contributed by atoms with Crippen molar-refractivity contribution in [3.8, 4) is 0 Å². The summed E-state index contributed by atoms with van der Waals surface area (Å²) in [4.78, 5) is 51.8. The van der Waals surface area contributed by atoms with Gasteiger partial charge in [-0.05, 0) is 46.7 Å². The van der Waals surface area contributed by atoms with Crippen molar-refractivity contribution in [1.29, 1.82) is 0 Å². The van der Waals surface area contributed by atoms with Gasteiger partial charge in [0.1, 0.15) is 6.04 Å². The summed E-state index contributed by atoms with van der Waals surface area (Å²) >= 11 is 1.19. The Balaban J connectivity index is 1.39. The van der Waals surface area contributed by atoms with Crippen LogP contribution >= 0.6 is 11.8 Å². The smallest absolute Gasteiger partial charge is 0.328 e. The normalized spacial score (nSPS) is 23.3. The molecule has 170 valence electrons. The molecule has 2 unspecified atom stereocenters. The van der Waals surface area contributed by atoms with E-state index in [1.165, 1.54) is 38.4 Å². The first-order valence-electron chi connectivity index (χ1n) is 9.93. The van der Waals surface area contributed by atoms with Crippen molar-refractivity contribution in [3.63, 3.8) is 0 Å². The largest absolute Gasteiger partial charge is 0.480 e. The molecule has 1 aromatic carbocycles. The Labute approximate surface area is 190 Å². The summed E-state index contributed by atoms with van der Waals surface area (Å²) in [6.45, 7) is 0.245. The fourth-order valence-corrected chi connectivity index (χ4v) is 5.63. The molecule has 3 atom stereocenters. The number of amides is 4. The lowest BCUT2D eigenvalue weighted by Gasteiger charge is -2.47. The third-order valence-electron chi connectivity index (χ3n) is 5.91. The molecule has 4 heterocycles. The van der Waals surface area contributed by atoms with E-state index in [-0.39, 0.29) is 6.54 Å². The molecular formula is C19H18N8O5S. The highest BCUT2D eigenvalue weighted by Gasteiger charge is 2.62. The van der Waals surface area contributed by atoms with Gasteiger partial charge in [-0.2, -0.15) is 0 Å². The Bertz CT molecular complexity index is 1230. The number of carbonyl (C=O) groups excluding carboxylic acids is 3. The van der Waals surface area contributed by atoms with Crippen LogP contribution in [0.25, 0.3) is 0 Å². The van der Waals surface area contributed by atoms with Gasteiger partial charge >= 0.3 is 12.0 Å². The first-order chi connectivity index (χ1) is 15.8. The van der Waals surface area contributed by atoms with Crippen LogP contribution in [-0.2, 0) is 16.6 Å². The van der Waals surface area contributed by atoms with E-state index in [0.29, 0.717) is 28.5 Å². The Hall–Kier alpha value is -3.94. The van der Waals surface area contributed by atoms with Crippen molar-refractivity contribution in [2.45, 2.75) is 28.9 Å². The second-order valence-electron chi connectivity index (χ2n) is 7.74. The topological polar surface area (TPSA) is 177 Å². The van der Waals surface area contributed by atoms with Gasteiger partial charge in [0.2, 0.25) is 11.1 Å². The summed E-state index contributed by atoms with van der Waals surface area (Å²) in [5, 5.41) is 23.7. The molecule has 4 N–H and O–H groups in total. The Morgan fingerprint density at radius 3 is 2.58 bits per heavy atom. The second kappa shape index (κ2) is 7.58. The number of hydrogen-bond acceptors (Lipinski definition) is 8. The predicted octanol–water partition coefficient (Wildman–Crippen LogP) is -0.361. The minimum atomic E-state index is -1.13. The maximum atomic E-state index is 13.0. The molecule has 0 radical (unpaired) electrons. The van der Waals surface area contributed by atoms with Crippen molar-refractivity contribution in [1.82, 2.24) is 30.0 Å². The average Bonchev–Trinajstić information content (AvgIpc) is 3.33. The molecule has 0 aliphatic carbocycles. The number of nitrogens with two attached hydrogens (primary N) is 1. The van der Waals surface area contributed by atoms with Crippen molar-refractivity contribution in [2.75, 3.05) is 11.9 Å². The van der Waals surface area contributed by atoms with Gasteiger partial charge in [-0.3, -0.25) is 14.5 Å². The highest BCUT2D eigenvalue weighted by Crippen LogP contribution is 2.50. The van der Waals surface area contributed by atoms with Gasteiger partial charge in [0, 0.05) is 24.8 Å². The summed E-state index contributed by atoms with van der Waals surface area (Å²) in [6, 6.07) is 3.63. The van der Waals surface area contributed by atoms with Gasteiger partial charge in [-0.1, -0.05) is 11.8 Å². The third-order valence-corrected chi connectivity index (χ3v) is 7.26. The third kappa shape index (κ3) is 3.21. The van der Waals surface area contributed by atoms with E-state index in [1.807, 2.05) is 0 Å². The second-order valence-corrected chi connectivity index (χ2v) is 8.85. The number of benzene rings is 1. The van der Waals surface area contributed by atoms with Crippen LogP contribution in [0.4, 0.5) is 10.5 Å². The minimum absolute atomic E-state index is 0.245. The molecule has 0 saturated carbocycles. The van der Waals surface area contributed by atoms with E-state index in [9.17, 15) is 24.3 Å². The Kier molecular flexibility index (Phi) is 4.81. The lowest BCUT2D eigenvalue weighted by Crippen LogP contribution is -2.66. The zero-order valence-corrected chi connectivity index (χ0v) is 18.0. The SMILES string of the molecule is Cn1nnnc1SC1C2=C3[C@@H](C(=O)N3C1C(=O)O)N(C(=O)Nc1ccc(C(N)=O)cc1)CC2. The molecule has 33 heavy (non-hydrogen) atoms. The molecule has 14 heteroatoms. The fraction of sp³-hybridized carbons (Fsp3) is 0.316. The Morgan fingerprint density at radius 2 is 1.97 bits per heavy atom. The number of aliphatic carboxylic acids is 1. The molecule has 3 aliphatic rings. The van der Waals surface area contributed by atoms with Gasteiger partial charge in [-0.25, -0.2) is 14.3 Å². The molecule has 3 aliphatic heterocycles. The van der Waals surface area contributed by atoms with Crippen LogP contribution in [0.3, 0.4) is 0 Å². The van der Waals surface area contributed by atoms with Crippen molar-refractivity contribution >= 4 is 41.3 Å². The summed E-state index contributed by atoms with van der Waals surface area (Å²) in [6.07, 6.45) is 0.413. The van der Waals surface area contributed by atoms with Crippen LogP contribution < -0.4 is 11.1 Å². The molecule has 0 bridgehead atoms. The number of hydrogen-bond donors (Lipinski definition) is 3. The monoisotopic (exact) mass is 470 g/mol. The number of rotatable bonds is 5. The summed E-state index contributed by atoms with van der Waals surface area (Å²) in [5.41, 5.74) is 7.34. The van der Waals surface area contributed by atoms with Gasteiger partial charge < -0.3 is 21.1 Å². The summed E-state index contributed by atoms with van der Waals surface area (Å²) < 4.78 is 1.44. The van der Waals surface area contributed by atoms with Gasteiger partial charge in [0.15, 0.2) is 6.04 Å². The molecule has 0 spiro atoms. The Morgan fingerprint density at radius 1 is 1.24 bits per heavy atom. The van der Waals surface area contributed by atoms with Crippen LogP contribution in [0.15, 0.2) is 40.7 Å². The highest BCUT2D eigenvalue weighted by molar-refractivity contribution is 8.00. The van der Waals surface area contributed by atoms with Crippen molar-refractivity contribution in [2.24, 2.45) is 12.8 Å². The number of carbonyl (C=O) groups is 4. The number of nitrogens with zero attached hydrogens (tertiary/aromatic N) is 6. The van der Waals surface area contributed by atoms with Crippen LogP contribution in [-0.4, -0.2) is 82.8 Å².